The van der Waals surface area contributed by atoms with Crippen molar-refractivity contribution in [2.45, 2.75) is 6.10 Å². The molecule has 1 atom stereocenters. The molecule has 0 bridgehead atoms. The van der Waals surface area contributed by atoms with Crippen LogP contribution in [0.15, 0.2) is 48.5 Å². The molecule has 0 aromatic heterocycles. The molecule has 0 radical (unpaired) electrons. The predicted molar refractivity (Wildman–Crippen MR) is 75.5 cm³/mol. The Labute approximate surface area is 123 Å². The van der Waals surface area contributed by atoms with E-state index in [-0.39, 0.29) is 22.5 Å². The zero-order valence-corrected chi connectivity index (χ0v) is 11.1. The van der Waals surface area contributed by atoms with Crippen LogP contribution in [-0.4, -0.2) is 20.7 Å². The fourth-order valence-electron chi connectivity index (χ4n) is 1.89. The van der Waals surface area contributed by atoms with E-state index in [0.717, 1.165) is 12.1 Å². The van der Waals surface area contributed by atoms with E-state index in [0.29, 0.717) is 0 Å². The second-order valence-corrected chi connectivity index (χ2v) is 4.43. The molecule has 0 saturated carbocycles. The first-order chi connectivity index (χ1) is 10.4. The van der Waals surface area contributed by atoms with Crippen LogP contribution in [0.25, 0.3) is 0 Å². The summed E-state index contributed by atoms with van der Waals surface area (Å²) in [7, 11) is 0. The van der Waals surface area contributed by atoms with Crippen molar-refractivity contribution in [2.24, 2.45) is 0 Å². The Morgan fingerprint density at radius 3 is 2.09 bits per heavy atom. The van der Waals surface area contributed by atoms with Crippen LogP contribution in [0.5, 0.6) is 0 Å². The summed E-state index contributed by atoms with van der Waals surface area (Å²) < 4.78 is 0. The number of nitro benzene ring substituents is 2. The normalized spacial score (nSPS) is 11.7. The van der Waals surface area contributed by atoms with Gasteiger partial charge >= 0.3 is 0 Å². The molecule has 2 aromatic carbocycles. The summed E-state index contributed by atoms with van der Waals surface area (Å²) in [6.45, 7) is 0. The first-order valence-corrected chi connectivity index (χ1v) is 6.11. The van der Waals surface area contributed by atoms with Gasteiger partial charge in [-0.25, -0.2) is 0 Å². The Hall–Kier alpha value is -3.13. The molecule has 112 valence electrons. The molecule has 8 heteroatoms. The van der Waals surface area contributed by atoms with E-state index in [9.17, 15) is 30.1 Å². The second kappa shape index (κ2) is 6.10. The summed E-state index contributed by atoms with van der Waals surface area (Å²) in [5, 5.41) is 31.4. The van der Waals surface area contributed by atoms with E-state index in [1.807, 2.05) is 0 Å². The highest BCUT2D eigenvalue weighted by Crippen LogP contribution is 2.24. The van der Waals surface area contributed by atoms with E-state index >= 15 is 0 Å². The number of benzene rings is 2. The summed E-state index contributed by atoms with van der Waals surface area (Å²) in [6.07, 6.45) is -1.64. The van der Waals surface area contributed by atoms with Crippen LogP contribution in [0.4, 0.5) is 11.4 Å². The van der Waals surface area contributed by atoms with Crippen molar-refractivity contribution < 1.29 is 19.7 Å². The molecule has 2 aromatic rings. The zero-order chi connectivity index (χ0) is 16.3. The van der Waals surface area contributed by atoms with Crippen molar-refractivity contribution in [1.29, 1.82) is 0 Å². The average Bonchev–Trinajstić information content (AvgIpc) is 2.53. The Morgan fingerprint density at radius 2 is 1.50 bits per heavy atom. The second-order valence-electron chi connectivity index (χ2n) is 4.43. The van der Waals surface area contributed by atoms with Crippen LogP contribution >= 0.6 is 0 Å². The molecule has 0 saturated heterocycles. The van der Waals surface area contributed by atoms with Crippen LogP contribution in [0.3, 0.4) is 0 Å². The van der Waals surface area contributed by atoms with E-state index in [1.54, 1.807) is 0 Å². The van der Waals surface area contributed by atoms with Gasteiger partial charge in [0.25, 0.3) is 11.4 Å². The summed E-state index contributed by atoms with van der Waals surface area (Å²) in [4.78, 5) is 32.2. The van der Waals surface area contributed by atoms with Crippen LogP contribution in [-0.2, 0) is 0 Å². The lowest BCUT2D eigenvalue weighted by atomic mass is 9.99. The molecule has 8 nitrogen and oxygen atoms in total. The van der Waals surface area contributed by atoms with Gasteiger partial charge in [0, 0.05) is 29.8 Å². The molecule has 0 aliphatic heterocycles. The number of non-ortho nitro benzene ring substituents is 2. The monoisotopic (exact) mass is 302 g/mol. The van der Waals surface area contributed by atoms with Gasteiger partial charge in [0.05, 0.1) is 9.85 Å². The third-order valence-electron chi connectivity index (χ3n) is 2.99. The van der Waals surface area contributed by atoms with Crippen LogP contribution in [0.2, 0.25) is 0 Å². The maximum atomic E-state index is 12.2. The SMILES string of the molecule is O=C(c1cccc([N+](=O)[O-])c1)C(O)c1cccc([N+](=O)[O-])c1. The van der Waals surface area contributed by atoms with Crippen LogP contribution in [0.1, 0.15) is 22.0 Å². The van der Waals surface area contributed by atoms with E-state index in [4.69, 9.17) is 0 Å². The summed E-state index contributed by atoms with van der Waals surface area (Å²) in [6, 6.07) is 9.94. The smallest absolute Gasteiger partial charge is 0.270 e. The van der Waals surface area contributed by atoms with Gasteiger partial charge in [0.15, 0.2) is 5.78 Å². The van der Waals surface area contributed by atoms with Crippen molar-refractivity contribution in [3.05, 3.63) is 79.9 Å². The standard InChI is InChI=1S/C14H10N2O6/c17-13(9-3-1-5-11(7-9)15(19)20)14(18)10-4-2-6-12(8-10)16(21)22/h1-8,13,17H. The molecular weight excluding hydrogens is 292 g/mol. The first kappa shape index (κ1) is 15.3. The van der Waals surface area contributed by atoms with Gasteiger partial charge in [0.1, 0.15) is 6.10 Å². The lowest BCUT2D eigenvalue weighted by molar-refractivity contribution is -0.385. The lowest BCUT2D eigenvalue weighted by Gasteiger charge is -2.09. The lowest BCUT2D eigenvalue weighted by Crippen LogP contribution is -2.12. The first-order valence-electron chi connectivity index (χ1n) is 6.11. The minimum atomic E-state index is -1.64. The molecule has 0 heterocycles. The third kappa shape index (κ3) is 3.13. The molecule has 0 amide bonds. The van der Waals surface area contributed by atoms with E-state index in [1.165, 1.54) is 36.4 Å². The zero-order valence-electron chi connectivity index (χ0n) is 11.1. The molecule has 2 rings (SSSR count). The van der Waals surface area contributed by atoms with Crippen LogP contribution in [0, 0.1) is 20.2 Å². The highest BCUT2D eigenvalue weighted by atomic mass is 16.6. The molecule has 0 aliphatic carbocycles. The molecule has 1 unspecified atom stereocenters. The van der Waals surface area contributed by atoms with E-state index < -0.39 is 21.7 Å². The molecule has 22 heavy (non-hydrogen) atoms. The summed E-state index contributed by atoms with van der Waals surface area (Å²) >= 11 is 0. The fraction of sp³-hybridized carbons (Fsp3) is 0.0714. The summed E-state index contributed by atoms with van der Waals surface area (Å²) in [5.41, 5.74) is -0.542. The number of hydrogen-bond acceptors (Lipinski definition) is 6. The highest BCUT2D eigenvalue weighted by molar-refractivity contribution is 6.00. The third-order valence-corrected chi connectivity index (χ3v) is 2.99. The molecule has 0 aliphatic rings. The number of hydrogen-bond donors (Lipinski definition) is 1. The Bertz CT molecular complexity index is 759. The molecule has 0 spiro atoms. The average molecular weight is 302 g/mol. The number of Topliss-reactive ketones (excluding diaryl/α,β-unsaturated/α-hetero) is 1. The molecular formula is C14H10N2O6. The van der Waals surface area contributed by atoms with Crippen molar-refractivity contribution in [3.63, 3.8) is 0 Å². The Kier molecular flexibility index (Phi) is 4.23. The maximum absolute atomic E-state index is 12.2. The molecule has 0 fully saturated rings. The predicted octanol–water partition coefficient (Wildman–Crippen LogP) is 2.42. The van der Waals surface area contributed by atoms with Crippen molar-refractivity contribution in [3.8, 4) is 0 Å². The minimum absolute atomic E-state index is 0.0470. The van der Waals surface area contributed by atoms with Gasteiger partial charge in [0.2, 0.25) is 0 Å². The Morgan fingerprint density at radius 1 is 0.955 bits per heavy atom. The number of nitrogens with zero attached hydrogens (tertiary/aromatic N) is 2. The number of aliphatic hydroxyl groups is 1. The van der Waals surface area contributed by atoms with Gasteiger partial charge < -0.3 is 5.11 Å². The number of nitro groups is 2. The summed E-state index contributed by atoms with van der Waals surface area (Å²) in [5.74, 6) is -0.774. The maximum Gasteiger partial charge on any atom is 0.270 e. The van der Waals surface area contributed by atoms with Gasteiger partial charge in [-0.15, -0.1) is 0 Å². The van der Waals surface area contributed by atoms with Gasteiger partial charge in [-0.1, -0.05) is 24.3 Å². The Balaban J connectivity index is 2.33. The largest absolute Gasteiger partial charge is 0.380 e. The van der Waals surface area contributed by atoms with Gasteiger partial charge in [-0.3, -0.25) is 25.0 Å². The highest BCUT2D eigenvalue weighted by Gasteiger charge is 2.22. The number of aliphatic hydroxyl groups excluding tert-OH is 1. The van der Waals surface area contributed by atoms with Crippen molar-refractivity contribution >= 4 is 17.2 Å². The van der Waals surface area contributed by atoms with Crippen molar-refractivity contribution in [2.75, 3.05) is 0 Å². The minimum Gasteiger partial charge on any atom is -0.380 e. The topological polar surface area (TPSA) is 124 Å². The van der Waals surface area contributed by atoms with Crippen molar-refractivity contribution in [1.82, 2.24) is 0 Å². The number of ketones is 1. The number of carbonyl (C=O) groups excluding carboxylic acids is 1. The quantitative estimate of drug-likeness (QED) is 0.514. The molecule has 1 N–H and O–H groups in total. The van der Waals surface area contributed by atoms with Gasteiger partial charge in [-0.05, 0) is 5.56 Å². The fourth-order valence-corrected chi connectivity index (χ4v) is 1.89. The van der Waals surface area contributed by atoms with Crippen LogP contribution < -0.4 is 0 Å². The number of carbonyl (C=O) groups is 1. The number of rotatable bonds is 5. The van der Waals surface area contributed by atoms with E-state index in [2.05, 4.69) is 0 Å². The van der Waals surface area contributed by atoms with Gasteiger partial charge in [-0.2, -0.15) is 0 Å².